The van der Waals surface area contributed by atoms with E-state index in [1.807, 2.05) is 0 Å². The van der Waals surface area contributed by atoms with E-state index in [4.69, 9.17) is 0 Å². The van der Waals surface area contributed by atoms with Gasteiger partial charge >= 0.3 is 0 Å². The van der Waals surface area contributed by atoms with Crippen molar-refractivity contribution in [2.45, 2.75) is 47.5 Å². The third-order valence-electron chi connectivity index (χ3n) is 3.40. The normalized spacial score (nSPS) is 16.6. The summed E-state index contributed by atoms with van der Waals surface area (Å²) in [4.78, 5) is 4.94. The van der Waals surface area contributed by atoms with Crippen LogP contribution in [0.1, 0.15) is 47.5 Å². The van der Waals surface area contributed by atoms with Crippen molar-refractivity contribution in [1.82, 2.24) is 15.1 Å². The molecule has 0 radical (unpaired) electrons. The molecule has 1 heterocycles. The molecule has 1 rings (SSSR count). The average molecular weight is 286 g/mol. The lowest BCUT2D eigenvalue weighted by Gasteiger charge is -2.28. The second-order valence-corrected chi connectivity index (χ2v) is 6.95. The van der Waals surface area contributed by atoms with Crippen molar-refractivity contribution in [3.8, 4) is 0 Å². The van der Waals surface area contributed by atoms with Crippen molar-refractivity contribution in [3.05, 3.63) is 0 Å². The van der Waals surface area contributed by atoms with Crippen LogP contribution < -0.4 is 5.32 Å². The predicted octanol–water partition coefficient (Wildman–Crippen LogP) is 2.92. The number of nitrogens with zero attached hydrogens (tertiary/aromatic N) is 2. The predicted molar refractivity (Wildman–Crippen MR) is 91.4 cm³/mol. The second kappa shape index (κ2) is 12.6. The van der Waals surface area contributed by atoms with Crippen molar-refractivity contribution in [1.29, 1.82) is 0 Å². The molecule has 3 heteroatoms. The van der Waals surface area contributed by atoms with E-state index in [2.05, 4.69) is 56.8 Å². The van der Waals surface area contributed by atoms with Gasteiger partial charge in [-0.15, -0.1) is 0 Å². The van der Waals surface area contributed by atoms with Gasteiger partial charge in [-0.2, -0.15) is 0 Å². The molecule has 1 aliphatic heterocycles. The van der Waals surface area contributed by atoms with Crippen LogP contribution in [0.25, 0.3) is 0 Å². The molecule has 0 aromatic carbocycles. The Morgan fingerprint density at radius 3 is 2.10 bits per heavy atom. The van der Waals surface area contributed by atoms with Gasteiger partial charge in [0, 0.05) is 39.3 Å². The van der Waals surface area contributed by atoms with E-state index < -0.39 is 0 Å². The number of unbranched alkanes of at least 4 members (excludes halogenated alkanes) is 1. The van der Waals surface area contributed by atoms with Crippen LogP contribution >= 0.6 is 0 Å². The monoisotopic (exact) mass is 285 g/mol. The molecule has 1 fully saturated rings. The summed E-state index contributed by atoms with van der Waals surface area (Å²) in [5, 5.41) is 3.35. The summed E-state index contributed by atoms with van der Waals surface area (Å²) in [6.07, 6.45) is 2.64. The fraction of sp³-hybridized carbons (Fsp3) is 1.00. The van der Waals surface area contributed by atoms with Gasteiger partial charge in [0.05, 0.1) is 0 Å². The first-order chi connectivity index (χ1) is 9.45. The van der Waals surface area contributed by atoms with Crippen LogP contribution in [-0.2, 0) is 0 Å². The van der Waals surface area contributed by atoms with Gasteiger partial charge in [0.25, 0.3) is 0 Å². The van der Waals surface area contributed by atoms with Gasteiger partial charge in [0.15, 0.2) is 0 Å². The van der Waals surface area contributed by atoms with Crippen LogP contribution in [0.2, 0.25) is 0 Å². The Bertz CT molecular complexity index is 198. The highest BCUT2D eigenvalue weighted by molar-refractivity contribution is 4.68. The minimum Gasteiger partial charge on any atom is -0.314 e. The maximum atomic E-state index is 3.35. The zero-order chi connectivity index (χ0) is 15.4. The first-order valence-corrected chi connectivity index (χ1v) is 8.57. The summed E-state index contributed by atoms with van der Waals surface area (Å²) in [6, 6.07) is 0. The van der Waals surface area contributed by atoms with Gasteiger partial charge in [0.2, 0.25) is 0 Å². The van der Waals surface area contributed by atoms with Crippen LogP contribution in [0.4, 0.5) is 0 Å². The SMILES string of the molecule is CC(C)CN1CCNCC1.CCCCN(C)CC(C)C. The van der Waals surface area contributed by atoms with Crippen LogP contribution in [0.5, 0.6) is 0 Å². The summed E-state index contributed by atoms with van der Waals surface area (Å²) in [5.41, 5.74) is 0. The lowest BCUT2D eigenvalue weighted by Crippen LogP contribution is -2.44. The first-order valence-electron chi connectivity index (χ1n) is 8.57. The molecule has 0 aliphatic carbocycles. The van der Waals surface area contributed by atoms with Crippen molar-refractivity contribution in [2.24, 2.45) is 11.8 Å². The van der Waals surface area contributed by atoms with Crippen molar-refractivity contribution >= 4 is 0 Å². The molecule has 1 saturated heterocycles. The second-order valence-electron chi connectivity index (χ2n) is 6.95. The van der Waals surface area contributed by atoms with Gasteiger partial charge in [-0.05, 0) is 31.8 Å². The minimum atomic E-state index is 0.807. The van der Waals surface area contributed by atoms with Crippen LogP contribution in [0.15, 0.2) is 0 Å². The Balaban J connectivity index is 0.000000361. The zero-order valence-electron chi connectivity index (χ0n) is 14.9. The van der Waals surface area contributed by atoms with E-state index in [1.54, 1.807) is 0 Å². The van der Waals surface area contributed by atoms with Crippen LogP contribution in [0.3, 0.4) is 0 Å². The summed E-state index contributed by atoms with van der Waals surface area (Å²) in [5.74, 6) is 1.62. The molecule has 20 heavy (non-hydrogen) atoms. The molecule has 3 nitrogen and oxygen atoms in total. The molecule has 1 aliphatic rings. The summed E-state index contributed by atoms with van der Waals surface area (Å²) < 4.78 is 0. The summed E-state index contributed by atoms with van der Waals surface area (Å²) in [7, 11) is 2.20. The smallest absolute Gasteiger partial charge is 0.0107 e. The Labute approximate surface area is 128 Å². The lowest BCUT2D eigenvalue weighted by atomic mass is 10.2. The minimum absolute atomic E-state index is 0.807. The topological polar surface area (TPSA) is 18.5 Å². The van der Waals surface area contributed by atoms with E-state index >= 15 is 0 Å². The molecule has 1 N–H and O–H groups in total. The van der Waals surface area contributed by atoms with Gasteiger partial charge in [-0.25, -0.2) is 0 Å². The maximum absolute atomic E-state index is 3.35. The molecule has 0 saturated carbocycles. The molecule has 0 aromatic rings. The number of hydrogen-bond acceptors (Lipinski definition) is 3. The fourth-order valence-electron chi connectivity index (χ4n) is 2.55. The summed E-state index contributed by atoms with van der Waals surface area (Å²) in [6.45, 7) is 19.9. The van der Waals surface area contributed by atoms with E-state index in [-0.39, 0.29) is 0 Å². The highest BCUT2D eigenvalue weighted by Crippen LogP contribution is 1.99. The molecule has 0 amide bonds. The molecular formula is C17H39N3. The van der Waals surface area contributed by atoms with E-state index in [0.717, 1.165) is 11.8 Å². The Kier molecular flexibility index (Phi) is 12.5. The Hall–Kier alpha value is -0.120. The first kappa shape index (κ1) is 19.9. The van der Waals surface area contributed by atoms with Crippen LogP contribution in [0, 0.1) is 11.8 Å². The largest absolute Gasteiger partial charge is 0.314 e. The van der Waals surface area contributed by atoms with Crippen LogP contribution in [-0.4, -0.2) is 62.7 Å². The van der Waals surface area contributed by atoms with Crippen molar-refractivity contribution < 1.29 is 0 Å². The third-order valence-corrected chi connectivity index (χ3v) is 3.40. The van der Waals surface area contributed by atoms with E-state index in [9.17, 15) is 0 Å². The number of piperazine rings is 1. The van der Waals surface area contributed by atoms with Gasteiger partial charge in [-0.1, -0.05) is 41.0 Å². The summed E-state index contributed by atoms with van der Waals surface area (Å²) >= 11 is 0. The molecule has 0 spiro atoms. The highest BCUT2D eigenvalue weighted by Gasteiger charge is 2.09. The van der Waals surface area contributed by atoms with Crippen molar-refractivity contribution in [3.63, 3.8) is 0 Å². The lowest BCUT2D eigenvalue weighted by molar-refractivity contribution is 0.217. The highest BCUT2D eigenvalue weighted by atomic mass is 15.2. The molecule has 0 aromatic heterocycles. The fourth-order valence-corrected chi connectivity index (χ4v) is 2.55. The third kappa shape index (κ3) is 12.9. The standard InChI is InChI=1S/C9H21N.C8H18N2/c1-5-6-7-10(4)8-9(2)3;1-8(2)7-10-5-3-9-4-6-10/h9H,5-8H2,1-4H3;8-9H,3-7H2,1-2H3. The number of nitrogens with one attached hydrogen (secondary N) is 1. The Morgan fingerprint density at radius 2 is 1.65 bits per heavy atom. The van der Waals surface area contributed by atoms with Gasteiger partial charge < -0.3 is 15.1 Å². The van der Waals surface area contributed by atoms with Gasteiger partial charge in [-0.3, -0.25) is 0 Å². The van der Waals surface area contributed by atoms with Gasteiger partial charge in [0.1, 0.15) is 0 Å². The van der Waals surface area contributed by atoms with E-state index in [1.165, 1.54) is 58.7 Å². The van der Waals surface area contributed by atoms with Crippen molar-refractivity contribution in [2.75, 3.05) is 52.9 Å². The quantitative estimate of drug-likeness (QED) is 0.776. The molecular weight excluding hydrogens is 246 g/mol. The molecule has 122 valence electrons. The maximum Gasteiger partial charge on any atom is 0.0107 e. The van der Waals surface area contributed by atoms with E-state index in [0.29, 0.717) is 0 Å². The average Bonchev–Trinajstić information content (AvgIpc) is 2.37. The zero-order valence-corrected chi connectivity index (χ0v) is 14.9. The Morgan fingerprint density at radius 1 is 1.05 bits per heavy atom. The molecule has 0 unspecified atom stereocenters. The number of hydrogen-bond donors (Lipinski definition) is 1. The molecule has 0 atom stereocenters. The number of rotatable bonds is 7. The molecule has 0 bridgehead atoms.